The molecule has 0 spiro atoms. The number of nitrogens with one attached hydrogen (secondary N) is 1. The monoisotopic (exact) mass is 484 g/mol. The molecule has 1 aliphatic rings. The molecule has 1 unspecified atom stereocenters. The van der Waals surface area contributed by atoms with Crippen LogP contribution in [0.1, 0.15) is 32.6 Å². The van der Waals surface area contributed by atoms with Gasteiger partial charge in [0, 0.05) is 17.5 Å². The number of hydrogen-bond acceptors (Lipinski definition) is 7. The largest absolute Gasteiger partial charge is 0.513 e. The maximum absolute atomic E-state index is 13.9. The first-order valence-electron chi connectivity index (χ1n) is 11.0. The van der Waals surface area contributed by atoms with Crippen LogP contribution in [0.25, 0.3) is 10.8 Å². The van der Waals surface area contributed by atoms with E-state index >= 15 is 0 Å². The summed E-state index contributed by atoms with van der Waals surface area (Å²) in [7, 11) is -4.18. The van der Waals surface area contributed by atoms with Gasteiger partial charge in [0.2, 0.25) is 0 Å². The molecule has 4 rings (SSSR count). The lowest BCUT2D eigenvalue weighted by Gasteiger charge is -2.24. The van der Waals surface area contributed by atoms with E-state index in [2.05, 4.69) is 5.09 Å². The Balaban J connectivity index is 1.59. The number of esters is 1. The highest BCUT2D eigenvalue weighted by Gasteiger charge is 2.35. The molecule has 0 aliphatic heterocycles. The third-order valence-electron chi connectivity index (χ3n) is 5.53. The molecule has 0 bridgehead atoms. The summed E-state index contributed by atoms with van der Waals surface area (Å²) in [6.07, 6.45) is 3.48. The molecule has 0 saturated heterocycles. The summed E-state index contributed by atoms with van der Waals surface area (Å²) in [6.45, 7) is 1.52. The summed E-state index contributed by atoms with van der Waals surface area (Å²) in [6, 6.07) is 16.8. The van der Waals surface area contributed by atoms with Crippen LogP contribution in [0.5, 0.6) is 11.5 Å². The Kier molecular flexibility index (Phi) is 7.14. The summed E-state index contributed by atoms with van der Waals surface area (Å²) < 4.78 is 30.9. The molecule has 0 radical (unpaired) electrons. The smallest absolute Gasteiger partial charge is 0.461 e. The van der Waals surface area contributed by atoms with Crippen molar-refractivity contribution in [3.8, 4) is 11.5 Å². The molecule has 2 atom stereocenters. The number of rotatable bonds is 9. The van der Waals surface area contributed by atoms with Crippen LogP contribution in [-0.2, 0) is 14.1 Å². The molecule has 34 heavy (non-hydrogen) atoms. The first-order chi connectivity index (χ1) is 16.3. The SMILES string of the molecule is C[C@H](NP(=O)(Oc1ccc([N+](=O)[O-])cc1)Oc1cccc2ccccc12)C(=O)OC1CCCC1. The van der Waals surface area contributed by atoms with Crippen molar-refractivity contribution >= 4 is 30.2 Å². The number of nitro benzene ring substituents is 1. The van der Waals surface area contributed by atoms with Crippen molar-refractivity contribution in [3.05, 3.63) is 76.8 Å². The van der Waals surface area contributed by atoms with Crippen molar-refractivity contribution in [1.29, 1.82) is 0 Å². The fourth-order valence-corrected chi connectivity index (χ4v) is 5.35. The Bertz CT molecular complexity index is 1220. The summed E-state index contributed by atoms with van der Waals surface area (Å²) in [5, 5.41) is 15.2. The van der Waals surface area contributed by atoms with Crippen LogP contribution >= 0.6 is 7.75 Å². The zero-order valence-corrected chi connectivity index (χ0v) is 19.5. The third kappa shape index (κ3) is 5.73. The van der Waals surface area contributed by atoms with Crippen molar-refractivity contribution in [3.63, 3.8) is 0 Å². The lowest BCUT2D eigenvalue weighted by Crippen LogP contribution is -2.37. The first-order valence-corrected chi connectivity index (χ1v) is 12.6. The lowest BCUT2D eigenvalue weighted by atomic mass is 10.1. The fraction of sp³-hybridized carbons (Fsp3) is 0.292. The molecule has 178 valence electrons. The lowest BCUT2D eigenvalue weighted by molar-refractivity contribution is -0.384. The Hall–Kier alpha value is -3.42. The van der Waals surface area contributed by atoms with Crippen LogP contribution in [0.4, 0.5) is 5.69 Å². The maximum Gasteiger partial charge on any atom is 0.513 e. The molecule has 9 nitrogen and oxygen atoms in total. The summed E-state index contributed by atoms with van der Waals surface area (Å²) >= 11 is 0. The maximum atomic E-state index is 13.9. The second-order valence-corrected chi connectivity index (χ2v) is 9.72. The van der Waals surface area contributed by atoms with Crippen molar-refractivity contribution < 1.29 is 28.1 Å². The number of non-ortho nitro benzene ring substituents is 1. The van der Waals surface area contributed by atoms with E-state index in [1.807, 2.05) is 30.3 Å². The fourth-order valence-electron chi connectivity index (χ4n) is 3.81. The molecule has 0 amide bonds. The molecule has 0 aromatic heterocycles. The topological polar surface area (TPSA) is 117 Å². The highest BCUT2D eigenvalue weighted by Crippen LogP contribution is 2.47. The van der Waals surface area contributed by atoms with Crippen LogP contribution in [0.15, 0.2) is 66.7 Å². The number of ether oxygens (including phenoxy) is 1. The summed E-state index contributed by atoms with van der Waals surface area (Å²) in [5.74, 6) is -0.175. The predicted molar refractivity (Wildman–Crippen MR) is 127 cm³/mol. The number of carbonyl (C=O) groups is 1. The number of hydrogen-bond donors (Lipinski definition) is 1. The zero-order valence-electron chi connectivity index (χ0n) is 18.6. The molecule has 3 aromatic rings. The van der Waals surface area contributed by atoms with Gasteiger partial charge >= 0.3 is 13.7 Å². The van der Waals surface area contributed by atoms with E-state index in [-0.39, 0.29) is 17.5 Å². The Morgan fingerprint density at radius 1 is 1.03 bits per heavy atom. The standard InChI is InChI=1S/C24H25N2O7P/c1-17(24(27)31-20-9-3-4-10-20)25-34(30,32-21-15-13-19(14-16-21)26(28)29)33-23-12-6-8-18-7-2-5-11-22(18)23/h2,5-8,11-17,20H,3-4,9-10H2,1H3,(H,25,30)/t17-,34?/m0/s1. The summed E-state index contributed by atoms with van der Waals surface area (Å²) in [4.78, 5) is 23.0. The number of benzene rings is 3. The van der Waals surface area contributed by atoms with Crippen molar-refractivity contribution in [2.45, 2.75) is 44.8 Å². The molecule has 10 heteroatoms. The Morgan fingerprint density at radius 2 is 1.71 bits per heavy atom. The van der Waals surface area contributed by atoms with Gasteiger partial charge in [0.05, 0.1) is 4.92 Å². The van der Waals surface area contributed by atoms with Crippen LogP contribution in [0, 0.1) is 10.1 Å². The van der Waals surface area contributed by atoms with Gasteiger partial charge in [-0.25, -0.2) is 4.57 Å². The molecule has 1 fully saturated rings. The molecule has 1 aliphatic carbocycles. The van der Waals surface area contributed by atoms with E-state index in [1.165, 1.54) is 31.2 Å². The first kappa shape index (κ1) is 23.7. The summed E-state index contributed by atoms with van der Waals surface area (Å²) in [5.41, 5.74) is -0.140. The third-order valence-corrected chi connectivity index (χ3v) is 7.12. The minimum Gasteiger partial charge on any atom is -0.461 e. The van der Waals surface area contributed by atoms with Crippen LogP contribution in [0.3, 0.4) is 0 Å². The van der Waals surface area contributed by atoms with E-state index in [0.717, 1.165) is 31.1 Å². The Morgan fingerprint density at radius 3 is 2.41 bits per heavy atom. The number of nitro groups is 1. The van der Waals surface area contributed by atoms with Gasteiger partial charge < -0.3 is 13.8 Å². The zero-order chi connectivity index (χ0) is 24.1. The van der Waals surface area contributed by atoms with Gasteiger partial charge in [-0.3, -0.25) is 14.9 Å². The minimum atomic E-state index is -4.18. The van der Waals surface area contributed by atoms with Gasteiger partial charge in [-0.1, -0.05) is 36.4 Å². The molecular weight excluding hydrogens is 459 g/mol. The molecule has 1 N–H and O–H groups in total. The second kappa shape index (κ2) is 10.2. The van der Waals surface area contributed by atoms with Gasteiger partial charge in [-0.15, -0.1) is 0 Å². The number of carbonyl (C=O) groups excluding carboxylic acids is 1. The number of fused-ring (bicyclic) bond motifs is 1. The van der Waals surface area contributed by atoms with Crippen LogP contribution < -0.4 is 14.1 Å². The predicted octanol–water partition coefficient (Wildman–Crippen LogP) is 5.78. The van der Waals surface area contributed by atoms with Crippen molar-refractivity contribution in [2.24, 2.45) is 0 Å². The van der Waals surface area contributed by atoms with Gasteiger partial charge in [0.25, 0.3) is 5.69 Å². The van der Waals surface area contributed by atoms with Crippen molar-refractivity contribution in [1.82, 2.24) is 5.09 Å². The van der Waals surface area contributed by atoms with Crippen molar-refractivity contribution in [2.75, 3.05) is 0 Å². The Labute approximate surface area is 196 Å². The second-order valence-electron chi connectivity index (χ2n) is 8.10. The number of nitrogens with zero attached hydrogens (tertiary/aromatic N) is 1. The molecule has 0 heterocycles. The molecule has 1 saturated carbocycles. The minimum absolute atomic E-state index is 0.0815. The van der Waals surface area contributed by atoms with E-state index < -0.39 is 24.7 Å². The van der Waals surface area contributed by atoms with Crippen LogP contribution in [0.2, 0.25) is 0 Å². The van der Waals surface area contributed by atoms with Gasteiger partial charge in [0.1, 0.15) is 23.6 Å². The van der Waals surface area contributed by atoms with Gasteiger partial charge in [-0.2, -0.15) is 5.09 Å². The molecular formula is C24H25N2O7P. The van der Waals surface area contributed by atoms with E-state index in [4.69, 9.17) is 13.8 Å². The van der Waals surface area contributed by atoms with E-state index in [0.29, 0.717) is 11.1 Å². The van der Waals surface area contributed by atoms with Gasteiger partial charge in [0.15, 0.2) is 0 Å². The average molecular weight is 484 g/mol. The van der Waals surface area contributed by atoms with Crippen LogP contribution in [-0.4, -0.2) is 23.0 Å². The highest BCUT2D eigenvalue weighted by atomic mass is 31.2. The quantitative estimate of drug-likeness (QED) is 0.176. The van der Waals surface area contributed by atoms with E-state index in [9.17, 15) is 19.5 Å². The highest BCUT2D eigenvalue weighted by molar-refractivity contribution is 7.52. The normalized spacial score (nSPS) is 16.5. The van der Waals surface area contributed by atoms with Gasteiger partial charge in [-0.05, 0) is 56.2 Å². The average Bonchev–Trinajstić information content (AvgIpc) is 3.32. The molecule has 3 aromatic carbocycles. The van der Waals surface area contributed by atoms with E-state index in [1.54, 1.807) is 12.1 Å².